The molecule has 0 fully saturated rings. The van der Waals surface area contributed by atoms with Gasteiger partial charge in [0.2, 0.25) is 0 Å². The summed E-state index contributed by atoms with van der Waals surface area (Å²) in [5, 5.41) is 3.09. The fraction of sp³-hybridized carbons (Fsp3) is 0. The van der Waals surface area contributed by atoms with E-state index < -0.39 is 0 Å². The topological polar surface area (TPSA) is 63.8 Å². The Hall–Kier alpha value is -1.88. The van der Waals surface area contributed by atoms with Crippen molar-refractivity contribution in [3.05, 3.63) is 41.6 Å². The summed E-state index contributed by atoms with van der Waals surface area (Å²) in [4.78, 5) is 7.66. The average Bonchev–Trinajstić information content (AvgIpc) is 2.28. The fourth-order valence-corrected chi connectivity index (χ4v) is 1.28. The Balaban J connectivity index is 2.27. The predicted molar refractivity (Wildman–Crippen MR) is 61.1 cm³/mol. The first kappa shape index (κ1) is 10.6. The van der Waals surface area contributed by atoms with E-state index in [0.717, 1.165) is 0 Å². The van der Waals surface area contributed by atoms with Crippen LogP contribution < -0.4 is 11.1 Å². The van der Waals surface area contributed by atoms with E-state index >= 15 is 0 Å². The van der Waals surface area contributed by atoms with Crippen LogP contribution in [0.2, 0.25) is 5.15 Å². The van der Waals surface area contributed by atoms with E-state index in [1.807, 2.05) is 0 Å². The lowest BCUT2D eigenvalue weighted by Gasteiger charge is -2.08. The molecule has 6 heteroatoms. The van der Waals surface area contributed by atoms with Gasteiger partial charge >= 0.3 is 0 Å². The van der Waals surface area contributed by atoms with Gasteiger partial charge in [-0.05, 0) is 24.3 Å². The predicted octanol–water partition coefficient (Wildman–Crippen LogP) is 2.59. The van der Waals surface area contributed by atoms with Crippen LogP contribution in [0.3, 0.4) is 0 Å². The quantitative estimate of drug-likeness (QED) is 0.790. The molecule has 0 spiro atoms. The van der Waals surface area contributed by atoms with Gasteiger partial charge in [-0.1, -0.05) is 11.6 Å². The van der Waals surface area contributed by atoms with Crippen molar-refractivity contribution in [1.82, 2.24) is 9.97 Å². The molecule has 1 heterocycles. The van der Waals surface area contributed by atoms with E-state index in [0.29, 0.717) is 11.5 Å². The molecule has 0 aliphatic heterocycles. The smallest absolute Gasteiger partial charge is 0.158 e. The number of aromatic nitrogens is 2. The second kappa shape index (κ2) is 4.32. The van der Waals surface area contributed by atoms with Gasteiger partial charge in [0.1, 0.15) is 17.8 Å². The number of anilines is 3. The summed E-state index contributed by atoms with van der Waals surface area (Å²) in [5.74, 6) is 0.0888. The summed E-state index contributed by atoms with van der Waals surface area (Å²) in [6.07, 6.45) is 1.30. The van der Waals surface area contributed by atoms with Gasteiger partial charge in [-0.25, -0.2) is 14.4 Å². The van der Waals surface area contributed by atoms with Crippen LogP contribution in [0.1, 0.15) is 0 Å². The number of nitrogen functional groups attached to an aromatic ring is 1. The molecule has 0 saturated carbocycles. The van der Waals surface area contributed by atoms with Crippen LogP contribution in [0.5, 0.6) is 0 Å². The lowest BCUT2D eigenvalue weighted by atomic mass is 10.3. The zero-order chi connectivity index (χ0) is 11.5. The number of rotatable bonds is 2. The van der Waals surface area contributed by atoms with E-state index in [1.54, 1.807) is 12.1 Å². The number of nitrogens with zero attached hydrogens (tertiary/aromatic N) is 2. The monoisotopic (exact) mass is 238 g/mol. The third-order valence-corrected chi connectivity index (χ3v) is 2.24. The zero-order valence-corrected chi connectivity index (χ0v) is 8.87. The Kier molecular flexibility index (Phi) is 2.87. The molecule has 0 bridgehead atoms. The van der Waals surface area contributed by atoms with Crippen LogP contribution in [0.25, 0.3) is 0 Å². The molecule has 0 saturated heterocycles. The molecular formula is C10H8ClFN4. The highest BCUT2D eigenvalue weighted by molar-refractivity contribution is 6.32. The van der Waals surface area contributed by atoms with Crippen molar-refractivity contribution in [2.24, 2.45) is 0 Å². The van der Waals surface area contributed by atoms with E-state index in [-0.39, 0.29) is 16.7 Å². The maximum atomic E-state index is 12.7. The van der Waals surface area contributed by atoms with Crippen LogP contribution in [0.15, 0.2) is 30.6 Å². The van der Waals surface area contributed by atoms with Gasteiger partial charge in [0.05, 0.1) is 0 Å². The Morgan fingerprint density at radius 3 is 2.56 bits per heavy atom. The summed E-state index contributed by atoms with van der Waals surface area (Å²) in [6.45, 7) is 0. The zero-order valence-electron chi connectivity index (χ0n) is 8.11. The molecule has 0 amide bonds. The minimum Gasteiger partial charge on any atom is -0.393 e. The Labute approximate surface area is 96.3 Å². The lowest BCUT2D eigenvalue weighted by Crippen LogP contribution is -2.00. The van der Waals surface area contributed by atoms with Gasteiger partial charge in [0.25, 0.3) is 0 Å². The van der Waals surface area contributed by atoms with Crippen molar-refractivity contribution >= 4 is 28.8 Å². The highest BCUT2D eigenvalue weighted by atomic mass is 35.5. The highest BCUT2D eigenvalue weighted by Crippen LogP contribution is 2.25. The van der Waals surface area contributed by atoms with Crippen molar-refractivity contribution in [3.63, 3.8) is 0 Å². The van der Waals surface area contributed by atoms with Crippen LogP contribution in [0, 0.1) is 5.82 Å². The molecule has 1 aromatic carbocycles. The number of hydrogen-bond donors (Lipinski definition) is 2. The molecule has 2 aromatic rings. The average molecular weight is 239 g/mol. The third kappa shape index (κ3) is 2.20. The molecule has 2 rings (SSSR count). The first-order chi connectivity index (χ1) is 7.66. The Morgan fingerprint density at radius 2 is 1.88 bits per heavy atom. The van der Waals surface area contributed by atoms with Crippen LogP contribution >= 0.6 is 11.6 Å². The SMILES string of the molecule is Nc1c(Cl)ncnc1Nc1ccc(F)cc1. The molecule has 4 nitrogen and oxygen atoms in total. The summed E-state index contributed by atoms with van der Waals surface area (Å²) >= 11 is 5.73. The molecule has 0 atom stereocenters. The number of halogens is 2. The van der Waals surface area contributed by atoms with Gasteiger partial charge in [-0.3, -0.25) is 0 Å². The van der Waals surface area contributed by atoms with Gasteiger partial charge in [0.15, 0.2) is 11.0 Å². The van der Waals surface area contributed by atoms with E-state index in [1.165, 1.54) is 18.5 Å². The number of nitrogens with two attached hydrogens (primary N) is 1. The lowest BCUT2D eigenvalue weighted by molar-refractivity contribution is 0.628. The molecule has 0 unspecified atom stereocenters. The van der Waals surface area contributed by atoms with E-state index in [2.05, 4.69) is 15.3 Å². The van der Waals surface area contributed by atoms with Crippen LogP contribution in [-0.2, 0) is 0 Å². The minimum atomic E-state index is -0.306. The molecule has 82 valence electrons. The summed E-state index contributed by atoms with van der Waals surface area (Å²) in [5.41, 5.74) is 6.59. The van der Waals surface area contributed by atoms with Gasteiger partial charge in [-0.2, -0.15) is 0 Å². The van der Waals surface area contributed by atoms with Crippen molar-refractivity contribution in [2.45, 2.75) is 0 Å². The number of hydrogen-bond acceptors (Lipinski definition) is 4. The van der Waals surface area contributed by atoms with Gasteiger partial charge in [-0.15, -0.1) is 0 Å². The van der Waals surface area contributed by atoms with Gasteiger partial charge < -0.3 is 11.1 Å². The minimum absolute atomic E-state index is 0.180. The Morgan fingerprint density at radius 1 is 1.19 bits per heavy atom. The number of nitrogens with one attached hydrogen (secondary N) is 1. The van der Waals surface area contributed by atoms with Crippen molar-refractivity contribution in [2.75, 3.05) is 11.1 Å². The molecule has 0 radical (unpaired) electrons. The van der Waals surface area contributed by atoms with Crippen molar-refractivity contribution < 1.29 is 4.39 Å². The van der Waals surface area contributed by atoms with E-state index in [4.69, 9.17) is 17.3 Å². The summed E-state index contributed by atoms with van der Waals surface area (Å²) < 4.78 is 12.7. The van der Waals surface area contributed by atoms with Gasteiger partial charge in [0, 0.05) is 5.69 Å². The standard InChI is InChI=1S/C10H8ClFN4/c11-9-8(13)10(15-5-14-9)16-7-3-1-6(12)2-4-7/h1-5H,13H2,(H,14,15,16). The second-order valence-electron chi connectivity index (χ2n) is 3.06. The van der Waals surface area contributed by atoms with Crippen molar-refractivity contribution in [1.29, 1.82) is 0 Å². The molecule has 1 aromatic heterocycles. The summed E-state index contributed by atoms with van der Waals surface area (Å²) in [6, 6.07) is 5.82. The third-order valence-electron chi connectivity index (χ3n) is 1.94. The van der Waals surface area contributed by atoms with Crippen molar-refractivity contribution in [3.8, 4) is 0 Å². The molecule has 16 heavy (non-hydrogen) atoms. The molecular weight excluding hydrogens is 231 g/mol. The van der Waals surface area contributed by atoms with Crippen LogP contribution in [0.4, 0.5) is 21.6 Å². The largest absolute Gasteiger partial charge is 0.393 e. The first-order valence-electron chi connectivity index (χ1n) is 4.45. The molecule has 0 aliphatic carbocycles. The Bertz CT molecular complexity index is 501. The fourth-order valence-electron chi connectivity index (χ4n) is 1.14. The van der Waals surface area contributed by atoms with E-state index in [9.17, 15) is 4.39 Å². The first-order valence-corrected chi connectivity index (χ1v) is 4.83. The molecule has 0 aliphatic rings. The normalized spacial score (nSPS) is 10.1. The van der Waals surface area contributed by atoms with Crippen LogP contribution in [-0.4, -0.2) is 9.97 Å². The maximum absolute atomic E-state index is 12.7. The highest BCUT2D eigenvalue weighted by Gasteiger charge is 2.05. The molecule has 3 N–H and O–H groups in total. The number of benzene rings is 1. The summed E-state index contributed by atoms with van der Waals surface area (Å²) in [7, 11) is 0. The second-order valence-corrected chi connectivity index (χ2v) is 3.42. The maximum Gasteiger partial charge on any atom is 0.158 e.